The average molecular weight is 378 g/mol. The van der Waals surface area contributed by atoms with E-state index in [1.807, 2.05) is 6.07 Å². The van der Waals surface area contributed by atoms with Crippen molar-refractivity contribution in [3.63, 3.8) is 0 Å². The average Bonchev–Trinajstić information content (AvgIpc) is 3.24. The van der Waals surface area contributed by atoms with E-state index in [2.05, 4.69) is 39.1 Å². The third-order valence-electron chi connectivity index (χ3n) is 4.49. The Morgan fingerprint density at radius 1 is 1.30 bits per heavy atom. The lowest BCUT2D eigenvalue weighted by Crippen LogP contribution is -2.51. The molecule has 0 amide bonds. The summed E-state index contributed by atoms with van der Waals surface area (Å²) in [6.45, 7) is 5.44. The summed E-state index contributed by atoms with van der Waals surface area (Å²) in [5, 5.41) is 5.00. The van der Waals surface area contributed by atoms with Gasteiger partial charge in [-0.3, -0.25) is 0 Å². The van der Waals surface area contributed by atoms with Crippen LogP contribution in [0.25, 0.3) is 0 Å². The summed E-state index contributed by atoms with van der Waals surface area (Å²) in [5.74, 6) is 0.799. The molecule has 2 nitrogen and oxygen atoms in total. The molecule has 3 rings (SSSR count). The van der Waals surface area contributed by atoms with Gasteiger partial charge in [0.1, 0.15) is 0 Å². The fourth-order valence-electron chi connectivity index (χ4n) is 3.13. The zero-order chi connectivity index (χ0) is 14.3. The number of hydrogen-bond donors (Lipinski definition) is 1. The van der Waals surface area contributed by atoms with Crippen molar-refractivity contribution >= 4 is 44.8 Å². The lowest BCUT2D eigenvalue weighted by molar-refractivity contribution is 0.331. The highest BCUT2D eigenvalue weighted by atomic mass is 79.9. The van der Waals surface area contributed by atoms with Crippen molar-refractivity contribution < 1.29 is 0 Å². The van der Waals surface area contributed by atoms with Crippen molar-refractivity contribution in [2.24, 2.45) is 5.92 Å². The van der Waals surface area contributed by atoms with Crippen LogP contribution in [-0.4, -0.2) is 25.2 Å². The minimum atomic E-state index is 0.194. The van der Waals surface area contributed by atoms with Crippen LogP contribution in [0.4, 0.5) is 5.69 Å². The molecule has 1 aromatic carbocycles. The lowest BCUT2D eigenvalue weighted by Gasteiger charge is -2.35. The molecule has 2 fully saturated rings. The summed E-state index contributed by atoms with van der Waals surface area (Å²) < 4.78 is 0.853. The second-order valence-corrected chi connectivity index (χ2v) is 7.70. The molecule has 110 valence electrons. The third kappa shape index (κ3) is 2.83. The fourth-order valence-corrected chi connectivity index (χ4v) is 4.02. The Labute approximate surface area is 138 Å². The summed E-state index contributed by atoms with van der Waals surface area (Å²) in [7, 11) is 0. The molecule has 0 radical (unpaired) electrons. The van der Waals surface area contributed by atoms with Crippen LogP contribution < -0.4 is 10.2 Å². The van der Waals surface area contributed by atoms with Crippen LogP contribution in [-0.2, 0) is 0 Å². The maximum absolute atomic E-state index is 6.45. The molecule has 0 aromatic heterocycles. The molecule has 0 spiro atoms. The number of anilines is 1. The van der Waals surface area contributed by atoms with Gasteiger partial charge < -0.3 is 10.2 Å². The van der Waals surface area contributed by atoms with Gasteiger partial charge in [0.25, 0.3) is 0 Å². The van der Waals surface area contributed by atoms with Gasteiger partial charge in [0.2, 0.25) is 0 Å². The maximum Gasteiger partial charge on any atom is 0.0837 e. The van der Waals surface area contributed by atoms with E-state index < -0.39 is 0 Å². The molecule has 1 heterocycles. The van der Waals surface area contributed by atoms with Crippen molar-refractivity contribution in [1.29, 1.82) is 0 Å². The van der Waals surface area contributed by atoms with Crippen LogP contribution >= 0.6 is 39.1 Å². The van der Waals surface area contributed by atoms with Crippen LogP contribution in [0.3, 0.4) is 0 Å². The number of rotatable bonds is 2. The van der Waals surface area contributed by atoms with Crippen LogP contribution in [0.1, 0.15) is 26.2 Å². The summed E-state index contributed by atoms with van der Waals surface area (Å²) in [6, 6.07) is 4.05. The SMILES string of the molecule is CC1(C2CC2)CN(c2ccc(Br)c(Cl)c2Cl)CCCN1. The smallest absolute Gasteiger partial charge is 0.0837 e. The van der Waals surface area contributed by atoms with Gasteiger partial charge in [0.05, 0.1) is 15.7 Å². The van der Waals surface area contributed by atoms with Crippen molar-refractivity contribution in [2.75, 3.05) is 24.5 Å². The maximum atomic E-state index is 6.45. The Balaban J connectivity index is 1.90. The summed E-state index contributed by atoms with van der Waals surface area (Å²) >= 11 is 16.1. The second-order valence-electron chi connectivity index (χ2n) is 6.09. The first-order valence-electron chi connectivity index (χ1n) is 7.15. The molecule has 1 unspecified atom stereocenters. The van der Waals surface area contributed by atoms with Crippen LogP contribution in [0.5, 0.6) is 0 Å². The van der Waals surface area contributed by atoms with Crippen molar-refractivity contribution in [2.45, 2.75) is 31.7 Å². The molecule has 2 aliphatic rings. The summed E-state index contributed by atoms with van der Waals surface area (Å²) in [5.41, 5.74) is 1.25. The normalized spacial score (nSPS) is 27.5. The van der Waals surface area contributed by atoms with Gasteiger partial charge >= 0.3 is 0 Å². The Morgan fingerprint density at radius 3 is 2.75 bits per heavy atom. The first kappa shape index (κ1) is 15.0. The molecule has 1 aliphatic carbocycles. The van der Waals surface area contributed by atoms with Gasteiger partial charge in [-0.15, -0.1) is 0 Å². The monoisotopic (exact) mass is 376 g/mol. The van der Waals surface area contributed by atoms with E-state index in [0.717, 1.165) is 42.1 Å². The van der Waals surface area contributed by atoms with E-state index in [0.29, 0.717) is 10.0 Å². The van der Waals surface area contributed by atoms with Crippen molar-refractivity contribution in [3.05, 3.63) is 26.7 Å². The molecule has 1 saturated carbocycles. The highest BCUT2D eigenvalue weighted by Crippen LogP contribution is 2.43. The standard InChI is InChI=1S/C15H19BrCl2N2/c1-15(10-3-4-10)9-20(8-2-7-19-15)12-6-5-11(16)13(17)14(12)18/h5-6,10,19H,2-4,7-9H2,1H3. The van der Waals surface area contributed by atoms with Crippen molar-refractivity contribution in [1.82, 2.24) is 5.32 Å². The Hall–Kier alpha value is 0.0400. The lowest BCUT2D eigenvalue weighted by atomic mass is 9.95. The van der Waals surface area contributed by atoms with Gasteiger partial charge in [-0.1, -0.05) is 23.2 Å². The van der Waals surface area contributed by atoms with E-state index >= 15 is 0 Å². The molecule has 20 heavy (non-hydrogen) atoms. The third-order valence-corrected chi connectivity index (χ3v) is 6.25. The van der Waals surface area contributed by atoms with Crippen molar-refractivity contribution in [3.8, 4) is 0 Å². The molecule has 5 heteroatoms. The van der Waals surface area contributed by atoms with Gasteiger partial charge in [0, 0.05) is 23.1 Å². The number of hydrogen-bond acceptors (Lipinski definition) is 2. The van der Waals surface area contributed by atoms with E-state index in [9.17, 15) is 0 Å². The van der Waals surface area contributed by atoms with Crippen LogP contribution in [0.15, 0.2) is 16.6 Å². The van der Waals surface area contributed by atoms with E-state index in [-0.39, 0.29) is 5.54 Å². The first-order valence-corrected chi connectivity index (χ1v) is 8.69. The summed E-state index contributed by atoms with van der Waals surface area (Å²) in [6.07, 6.45) is 3.81. The molecule has 1 aromatic rings. The zero-order valence-electron chi connectivity index (χ0n) is 11.6. The molecule has 1 saturated heterocycles. The van der Waals surface area contributed by atoms with Gasteiger partial charge in [0.15, 0.2) is 0 Å². The number of benzene rings is 1. The van der Waals surface area contributed by atoms with Gasteiger partial charge in [-0.25, -0.2) is 0 Å². The largest absolute Gasteiger partial charge is 0.368 e. The molecule has 0 bridgehead atoms. The van der Waals surface area contributed by atoms with Gasteiger partial charge in [-0.2, -0.15) is 0 Å². The molecule has 1 N–H and O–H groups in total. The topological polar surface area (TPSA) is 15.3 Å². The molecule has 1 atom stereocenters. The van der Waals surface area contributed by atoms with E-state index in [1.54, 1.807) is 0 Å². The predicted molar refractivity (Wildman–Crippen MR) is 90.1 cm³/mol. The van der Waals surface area contributed by atoms with E-state index in [1.165, 1.54) is 12.8 Å². The zero-order valence-corrected chi connectivity index (χ0v) is 14.7. The minimum Gasteiger partial charge on any atom is -0.368 e. The van der Waals surface area contributed by atoms with E-state index in [4.69, 9.17) is 23.2 Å². The van der Waals surface area contributed by atoms with Crippen LogP contribution in [0, 0.1) is 5.92 Å². The Bertz CT molecular complexity index is 519. The minimum absolute atomic E-state index is 0.194. The summed E-state index contributed by atoms with van der Waals surface area (Å²) in [4.78, 5) is 2.39. The number of nitrogens with one attached hydrogen (secondary N) is 1. The predicted octanol–water partition coefficient (Wildman–Crippen LogP) is 4.72. The number of halogens is 3. The highest BCUT2D eigenvalue weighted by molar-refractivity contribution is 9.10. The first-order chi connectivity index (χ1) is 9.51. The Kier molecular flexibility index (Phi) is 4.24. The second kappa shape index (κ2) is 5.68. The number of nitrogens with zero attached hydrogens (tertiary/aromatic N) is 1. The fraction of sp³-hybridized carbons (Fsp3) is 0.600. The quantitative estimate of drug-likeness (QED) is 0.749. The van der Waals surface area contributed by atoms with Gasteiger partial charge in [-0.05, 0) is 66.7 Å². The Morgan fingerprint density at radius 2 is 2.05 bits per heavy atom. The molecular formula is C15H19BrCl2N2. The molecule has 1 aliphatic heterocycles. The molecular weight excluding hydrogens is 359 g/mol. The highest BCUT2D eigenvalue weighted by Gasteiger charge is 2.43. The van der Waals surface area contributed by atoms with Crippen LogP contribution in [0.2, 0.25) is 10.0 Å².